The van der Waals surface area contributed by atoms with Gasteiger partial charge in [-0.1, -0.05) is 48.5 Å². The lowest BCUT2D eigenvalue weighted by Gasteiger charge is -2.29. The summed E-state index contributed by atoms with van der Waals surface area (Å²) >= 11 is 3.28. The molecule has 1 aromatic carbocycles. The monoisotopic (exact) mass is 711 g/mol. The molecule has 2 N–H and O–H groups in total. The van der Waals surface area contributed by atoms with Crippen LogP contribution in [0, 0.1) is 11.8 Å². The summed E-state index contributed by atoms with van der Waals surface area (Å²) in [5.41, 5.74) is -1.17. The summed E-state index contributed by atoms with van der Waals surface area (Å²) in [7, 11) is -2.99. The summed E-state index contributed by atoms with van der Waals surface area (Å²) in [5.74, 6) is -0.504. The minimum Gasteiger partial charge on any atom is -0.467 e. The molecular formula is C31H42BrN3O9S. The normalized spacial score (nSPS) is 26.8. The van der Waals surface area contributed by atoms with Gasteiger partial charge in [-0.05, 0) is 74.6 Å². The number of nitrogens with zero attached hydrogens (tertiary/aromatic N) is 1. The van der Waals surface area contributed by atoms with Crippen molar-refractivity contribution in [2.75, 3.05) is 13.7 Å². The van der Waals surface area contributed by atoms with E-state index in [1.165, 1.54) is 30.6 Å². The Labute approximate surface area is 272 Å². The van der Waals surface area contributed by atoms with E-state index in [1.54, 1.807) is 12.1 Å². The van der Waals surface area contributed by atoms with Crippen LogP contribution in [-0.4, -0.2) is 80.7 Å². The third kappa shape index (κ3) is 8.18. The van der Waals surface area contributed by atoms with Gasteiger partial charge in [-0.2, -0.15) is 8.42 Å². The van der Waals surface area contributed by atoms with Crippen molar-refractivity contribution >= 4 is 49.9 Å². The van der Waals surface area contributed by atoms with Crippen molar-refractivity contribution in [2.45, 2.75) is 112 Å². The summed E-state index contributed by atoms with van der Waals surface area (Å²) in [6.45, 7) is 1.87. The average Bonchev–Trinajstić information content (AvgIpc) is 3.86. The largest absolute Gasteiger partial charge is 0.467 e. The number of carbonyl (C=O) groups is 4. The van der Waals surface area contributed by atoms with E-state index in [2.05, 4.69) is 33.5 Å². The van der Waals surface area contributed by atoms with Crippen LogP contribution >= 0.6 is 15.9 Å². The molecule has 4 aliphatic rings. The Morgan fingerprint density at radius 1 is 1.00 bits per heavy atom. The van der Waals surface area contributed by atoms with Gasteiger partial charge in [-0.15, -0.1) is 0 Å². The van der Waals surface area contributed by atoms with Crippen LogP contribution in [0.4, 0.5) is 4.79 Å². The van der Waals surface area contributed by atoms with Crippen LogP contribution in [0.5, 0.6) is 0 Å². The van der Waals surface area contributed by atoms with Crippen molar-refractivity contribution in [1.82, 2.24) is 15.5 Å². The lowest BCUT2D eigenvalue weighted by Crippen LogP contribution is -2.56. The maximum atomic E-state index is 14.1. The summed E-state index contributed by atoms with van der Waals surface area (Å²) < 4.78 is 43.0. The first-order chi connectivity index (χ1) is 21.4. The molecule has 3 aliphatic carbocycles. The van der Waals surface area contributed by atoms with Gasteiger partial charge < -0.3 is 25.0 Å². The van der Waals surface area contributed by atoms with Gasteiger partial charge >= 0.3 is 12.1 Å². The lowest BCUT2D eigenvalue weighted by molar-refractivity contribution is -0.147. The smallest absolute Gasteiger partial charge is 0.408 e. The highest BCUT2D eigenvalue weighted by molar-refractivity contribution is 9.10. The maximum Gasteiger partial charge on any atom is 0.408 e. The van der Waals surface area contributed by atoms with Crippen LogP contribution < -0.4 is 10.6 Å². The third-order valence-corrected chi connectivity index (χ3v) is 11.2. The van der Waals surface area contributed by atoms with Crippen LogP contribution in [-0.2, 0) is 38.2 Å². The number of fused-ring (bicyclic) bond motifs is 1. The van der Waals surface area contributed by atoms with Crippen LogP contribution in [0.25, 0.3) is 0 Å². The fourth-order valence-corrected chi connectivity index (χ4v) is 7.87. The number of ether oxygens (including phenoxy) is 2. The fourth-order valence-electron chi connectivity index (χ4n) is 6.53. The summed E-state index contributed by atoms with van der Waals surface area (Å²) in [6.07, 6.45) is 5.38. The first kappa shape index (κ1) is 33.6. The van der Waals surface area contributed by atoms with Crippen LogP contribution in [0.1, 0.15) is 77.6 Å². The van der Waals surface area contributed by atoms with Crippen LogP contribution in [0.3, 0.4) is 0 Å². The quantitative estimate of drug-likeness (QED) is 0.166. The van der Waals surface area contributed by atoms with E-state index in [9.17, 15) is 27.6 Å². The Morgan fingerprint density at radius 2 is 1.69 bits per heavy atom. The van der Waals surface area contributed by atoms with Crippen molar-refractivity contribution in [3.05, 3.63) is 28.7 Å². The number of amides is 3. The number of unbranched alkanes of at least 4 members (excludes halogenated alkanes) is 3. The first-order valence-electron chi connectivity index (χ1n) is 15.8. The van der Waals surface area contributed by atoms with Crippen molar-refractivity contribution < 1.29 is 41.3 Å². The number of hydrogen-bond acceptors (Lipinski definition) is 9. The Hall–Kier alpha value is -2.71. The average molecular weight is 713 g/mol. The molecule has 14 heteroatoms. The summed E-state index contributed by atoms with van der Waals surface area (Å²) in [5, 5.41) is 5.48. The van der Waals surface area contributed by atoms with E-state index >= 15 is 0 Å². The minimum absolute atomic E-state index is 0.0677. The zero-order valence-electron chi connectivity index (χ0n) is 25.7. The van der Waals surface area contributed by atoms with Crippen molar-refractivity contribution in [3.8, 4) is 0 Å². The minimum atomic E-state index is -4.23. The molecule has 1 aromatic rings. The van der Waals surface area contributed by atoms with E-state index in [0.29, 0.717) is 42.0 Å². The number of benzene rings is 1. The molecule has 3 saturated carbocycles. The molecular weight excluding hydrogens is 670 g/mol. The van der Waals surface area contributed by atoms with E-state index in [4.69, 9.17) is 13.7 Å². The van der Waals surface area contributed by atoms with E-state index in [0.717, 1.165) is 32.1 Å². The molecule has 0 bridgehead atoms. The second kappa shape index (κ2) is 14.0. The molecule has 5 rings (SSSR count). The Morgan fingerprint density at radius 3 is 2.31 bits per heavy atom. The predicted octanol–water partition coefficient (Wildman–Crippen LogP) is 3.81. The predicted molar refractivity (Wildman–Crippen MR) is 165 cm³/mol. The van der Waals surface area contributed by atoms with Crippen LogP contribution in [0.2, 0.25) is 0 Å². The molecule has 0 aromatic heterocycles. The zero-order valence-corrected chi connectivity index (χ0v) is 28.1. The van der Waals surface area contributed by atoms with E-state index in [-0.39, 0.29) is 24.0 Å². The molecule has 248 valence electrons. The van der Waals surface area contributed by atoms with E-state index in [1.807, 2.05) is 0 Å². The number of carbonyl (C=O) groups excluding carboxylic acids is 4. The number of likely N-dealkylation sites (tertiary alicyclic amines) is 1. The van der Waals surface area contributed by atoms with Gasteiger partial charge in [0.1, 0.15) is 23.7 Å². The van der Waals surface area contributed by atoms with Gasteiger partial charge in [-0.3, -0.25) is 13.8 Å². The van der Waals surface area contributed by atoms with Crippen molar-refractivity contribution in [3.63, 3.8) is 0 Å². The Bertz CT molecular complexity index is 1370. The number of alkyl carbamates (subject to hydrolysis) is 1. The van der Waals surface area contributed by atoms with E-state index < -0.39 is 57.7 Å². The molecule has 1 saturated heterocycles. The van der Waals surface area contributed by atoms with Gasteiger partial charge in [0.25, 0.3) is 10.1 Å². The maximum absolute atomic E-state index is 14.1. The lowest BCUT2D eigenvalue weighted by atomic mass is 10.1. The van der Waals surface area contributed by atoms with Gasteiger partial charge in [0.2, 0.25) is 11.8 Å². The number of nitrogens with one attached hydrogen (secondary N) is 2. The number of hydrogen-bond donors (Lipinski definition) is 2. The molecule has 1 heterocycles. The summed E-state index contributed by atoms with van der Waals surface area (Å²) in [6, 6.07) is 3.80. The second-order valence-corrected chi connectivity index (χ2v) is 15.2. The van der Waals surface area contributed by atoms with Gasteiger partial charge in [0.05, 0.1) is 18.1 Å². The van der Waals surface area contributed by atoms with Gasteiger partial charge in [0, 0.05) is 17.4 Å². The van der Waals surface area contributed by atoms with Gasteiger partial charge in [0.15, 0.2) is 0 Å². The number of methoxy groups -OCH3 is 1. The van der Waals surface area contributed by atoms with Crippen LogP contribution in [0.15, 0.2) is 33.6 Å². The molecule has 3 amide bonds. The topological polar surface area (TPSA) is 157 Å². The molecule has 45 heavy (non-hydrogen) atoms. The Kier molecular flexibility index (Phi) is 10.4. The molecule has 0 radical (unpaired) electrons. The summed E-state index contributed by atoms with van der Waals surface area (Å²) in [4.78, 5) is 54.3. The molecule has 0 spiro atoms. The first-order valence-corrected chi connectivity index (χ1v) is 18.0. The van der Waals surface area contributed by atoms with Gasteiger partial charge in [-0.25, -0.2) is 9.59 Å². The molecule has 0 unspecified atom stereocenters. The fraction of sp³-hybridized carbons (Fsp3) is 0.677. The standard InChI is InChI=1S/C31H42BrN3O9S/c1-3-4-5-6-7-25(33-30(39)43-22-15-19-14-20(19)16-22)28(37)35-18-23(44-45(40,41)24-10-8-21(32)9-11-24)17-26(35)27(36)34-31(12-13-31)29(38)42-2/h8-11,19-20,22-23,25-26H,3-7,12-18H2,1-2H3,(H,33,39)(H,34,36)/t19-,20+,22+,23-,25-,26-/m0/s1. The second-order valence-electron chi connectivity index (χ2n) is 12.7. The van der Waals surface area contributed by atoms with Crippen molar-refractivity contribution in [2.24, 2.45) is 11.8 Å². The molecule has 1 aliphatic heterocycles. The molecule has 6 atom stereocenters. The molecule has 4 fully saturated rings. The third-order valence-electron chi connectivity index (χ3n) is 9.31. The van der Waals surface area contributed by atoms with Crippen molar-refractivity contribution in [1.29, 1.82) is 0 Å². The zero-order chi connectivity index (χ0) is 32.4. The Balaban J connectivity index is 1.33. The highest BCUT2D eigenvalue weighted by Gasteiger charge is 2.55. The number of esters is 1. The highest BCUT2D eigenvalue weighted by atomic mass is 79.9. The SMILES string of the molecule is CCCCCC[C@H](NC(=O)O[C@@H]1C[C@@H]2C[C@@H]2C1)C(=O)N1C[C@@H](OS(=O)(=O)c2ccc(Br)cc2)C[C@H]1C(=O)NC1(C(=O)OC)CC1. The molecule has 12 nitrogen and oxygen atoms in total. The number of rotatable bonds is 14. The number of halogens is 1. The highest BCUT2D eigenvalue weighted by Crippen LogP contribution is 2.52.